The Morgan fingerprint density at radius 2 is 1.95 bits per heavy atom. The van der Waals surface area contributed by atoms with E-state index in [9.17, 15) is 0 Å². The Morgan fingerprint density at radius 1 is 1.20 bits per heavy atom. The number of thiophene rings is 1. The van der Waals surface area contributed by atoms with Crippen molar-refractivity contribution in [2.75, 3.05) is 5.32 Å². The van der Waals surface area contributed by atoms with E-state index in [1.807, 2.05) is 0 Å². The van der Waals surface area contributed by atoms with Crippen molar-refractivity contribution in [2.45, 2.75) is 19.9 Å². The van der Waals surface area contributed by atoms with Crippen LogP contribution < -0.4 is 5.32 Å². The lowest BCUT2D eigenvalue weighted by atomic mass is 10.1. The summed E-state index contributed by atoms with van der Waals surface area (Å²) >= 11 is 15.3. The number of benzene rings is 1. The largest absolute Gasteiger partial charge is 0.375 e. The summed E-state index contributed by atoms with van der Waals surface area (Å²) in [6.07, 6.45) is 0. The van der Waals surface area contributed by atoms with Crippen LogP contribution in [0.5, 0.6) is 0 Å². The van der Waals surface area contributed by atoms with Crippen molar-refractivity contribution < 1.29 is 0 Å². The number of fused-ring (bicyclic) bond motifs is 1. The van der Waals surface area contributed by atoms with Crippen molar-refractivity contribution in [3.63, 3.8) is 0 Å². The SMILES string of the molecule is Cc1ccsc1C(C)Nc1c(Cl)cc(Cl)c2nsnc12. The van der Waals surface area contributed by atoms with Crippen LogP contribution in [0.2, 0.25) is 10.0 Å². The maximum absolute atomic E-state index is 6.30. The zero-order chi connectivity index (χ0) is 14.3. The van der Waals surface area contributed by atoms with E-state index >= 15 is 0 Å². The van der Waals surface area contributed by atoms with Crippen LogP contribution in [0.25, 0.3) is 11.0 Å². The molecule has 3 rings (SSSR count). The summed E-state index contributed by atoms with van der Waals surface area (Å²) in [7, 11) is 0. The monoisotopic (exact) mass is 343 g/mol. The second kappa shape index (κ2) is 5.48. The Labute approximate surface area is 134 Å². The highest BCUT2D eigenvalue weighted by atomic mass is 35.5. The van der Waals surface area contributed by atoms with E-state index in [-0.39, 0.29) is 6.04 Å². The van der Waals surface area contributed by atoms with Gasteiger partial charge < -0.3 is 5.32 Å². The first-order valence-corrected chi connectivity index (χ1v) is 8.35. The molecule has 3 aromatic rings. The lowest BCUT2D eigenvalue weighted by Gasteiger charge is -2.16. The molecule has 0 radical (unpaired) electrons. The van der Waals surface area contributed by atoms with Gasteiger partial charge >= 0.3 is 0 Å². The van der Waals surface area contributed by atoms with Gasteiger partial charge in [-0.1, -0.05) is 23.2 Å². The summed E-state index contributed by atoms with van der Waals surface area (Å²) in [4.78, 5) is 1.28. The molecule has 1 N–H and O–H groups in total. The molecule has 2 aromatic heterocycles. The third-order valence-electron chi connectivity index (χ3n) is 3.10. The van der Waals surface area contributed by atoms with E-state index in [0.29, 0.717) is 15.6 Å². The minimum absolute atomic E-state index is 0.151. The van der Waals surface area contributed by atoms with Gasteiger partial charge in [0.1, 0.15) is 11.0 Å². The predicted molar refractivity (Wildman–Crippen MR) is 88.5 cm³/mol. The van der Waals surface area contributed by atoms with E-state index in [2.05, 4.69) is 39.4 Å². The first kappa shape index (κ1) is 14.1. The second-order valence-electron chi connectivity index (χ2n) is 4.51. The number of aryl methyl sites for hydroxylation is 1. The molecule has 7 heteroatoms. The highest BCUT2D eigenvalue weighted by molar-refractivity contribution is 7.10. The summed E-state index contributed by atoms with van der Waals surface area (Å²) in [5, 5.41) is 6.62. The average Bonchev–Trinajstić information content (AvgIpc) is 3.02. The number of hydrogen-bond donors (Lipinski definition) is 1. The van der Waals surface area contributed by atoms with Crippen molar-refractivity contribution >= 4 is 63.0 Å². The number of nitrogens with one attached hydrogen (secondary N) is 1. The molecular weight excluding hydrogens is 333 g/mol. The molecule has 1 aromatic carbocycles. The van der Waals surface area contributed by atoms with Crippen molar-refractivity contribution in [1.82, 2.24) is 8.75 Å². The molecule has 20 heavy (non-hydrogen) atoms. The van der Waals surface area contributed by atoms with Crippen LogP contribution in [0.1, 0.15) is 23.4 Å². The van der Waals surface area contributed by atoms with Gasteiger partial charge in [0.05, 0.1) is 33.5 Å². The minimum Gasteiger partial charge on any atom is -0.375 e. The van der Waals surface area contributed by atoms with E-state index in [0.717, 1.165) is 22.9 Å². The van der Waals surface area contributed by atoms with Crippen LogP contribution in [0, 0.1) is 6.92 Å². The Balaban J connectivity index is 2.03. The molecule has 2 heterocycles. The summed E-state index contributed by atoms with van der Waals surface area (Å²) in [6.45, 7) is 4.21. The normalized spacial score (nSPS) is 12.8. The molecule has 0 saturated carbocycles. The minimum atomic E-state index is 0.151. The van der Waals surface area contributed by atoms with Crippen molar-refractivity contribution in [1.29, 1.82) is 0 Å². The van der Waals surface area contributed by atoms with E-state index in [1.165, 1.54) is 10.4 Å². The molecule has 104 valence electrons. The summed E-state index contributed by atoms with van der Waals surface area (Å²) in [5.41, 5.74) is 3.49. The van der Waals surface area contributed by atoms with Gasteiger partial charge in [-0.05, 0) is 36.9 Å². The number of hydrogen-bond acceptors (Lipinski definition) is 5. The Kier molecular flexibility index (Phi) is 3.86. The number of rotatable bonds is 3. The second-order valence-corrected chi connectivity index (χ2v) is 6.80. The fourth-order valence-electron chi connectivity index (χ4n) is 2.12. The van der Waals surface area contributed by atoms with E-state index < -0.39 is 0 Å². The van der Waals surface area contributed by atoms with Crippen LogP contribution in [0.4, 0.5) is 5.69 Å². The number of anilines is 1. The van der Waals surface area contributed by atoms with Crippen molar-refractivity contribution in [3.05, 3.63) is 38.0 Å². The first-order valence-electron chi connectivity index (χ1n) is 5.98. The molecule has 0 aliphatic heterocycles. The highest BCUT2D eigenvalue weighted by Crippen LogP contribution is 2.37. The van der Waals surface area contributed by atoms with Crippen molar-refractivity contribution in [3.8, 4) is 0 Å². The number of nitrogens with zero attached hydrogens (tertiary/aromatic N) is 2. The quantitative estimate of drug-likeness (QED) is 0.678. The molecule has 0 spiro atoms. The van der Waals surface area contributed by atoms with Crippen LogP contribution >= 0.6 is 46.3 Å². The Hall–Kier alpha value is -0.880. The maximum atomic E-state index is 6.30. The molecule has 0 fully saturated rings. The van der Waals surface area contributed by atoms with Crippen LogP contribution in [-0.4, -0.2) is 8.75 Å². The molecular formula is C13H11Cl2N3S2. The average molecular weight is 344 g/mol. The van der Waals surface area contributed by atoms with Crippen LogP contribution in [0.3, 0.4) is 0 Å². The smallest absolute Gasteiger partial charge is 0.130 e. The van der Waals surface area contributed by atoms with Gasteiger partial charge in [0.2, 0.25) is 0 Å². The molecule has 0 amide bonds. The van der Waals surface area contributed by atoms with Gasteiger partial charge in [-0.2, -0.15) is 8.75 Å². The summed E-state index contributed by atoms with van der Waals surface area (Å²) in [5.74, 6) is 0. The molecule has 3 nitrogen and oxygen atoms in total. The van der Waals surface area contributed by atoms with Gasteiger partial charge in [-0.3, -0.25) is 0 Å². The van der Waals surface area contributed by atoms with Crippen LogP contribution in [0.15, 0.2) is 17.5 Å². The molecule has 1 atom stereocenters. The van der Waals surface area contributed by atoms with Crippen LogP contribution in [-0.2, 0) is 0 Å². The van der Waals surface area contributed by atoms with Gasteiger partial charge in [-0.15, -0.1) is 11.3 Å². The van der Waals surface area contributed by atoms with Gasteiger partial charge in [0, 0.05) is 4.88 Å². The van der Waals surface area contributed by atoms with Crippen molar-refractivity contribution in [2.24, 2.45) is 0 Å². The van der Waals surface area contributed by atoms with Gasteiger partial charge in [-0.25, -0.2) is 0 Å². The van der Waals surface area contributed by atoms with E-state index in [4.69, 9.17) is 23.2 Å². The summed E-state index contributed by atoms with van der Waals surface area (Å²) in [6, 6.07) is 3.98. The summed E-state index contributed by atoms with van der Waals surface area (Å²) < 4.78 is 8.51. The van der Waals surface area contributed by atoms with E-state index in [1.54, 1.807) is 17.4 Å². The van der Waals surface area contributed by atoms with Gasteiger partial charge in [0.25, 0.3) is 0 Å². The van der Waals surface area contributed by atoms with Gasteiger partial charge in [0.15, 0.2) is 0 Å². The molecule has 0 saturated heterocycles. The Bertz CT molecular complexity index is 766. The number of aromatic nitrogens is 2. The zero-order valence-corrected chi connectivity index (χ0v) is 13.9. The third kappa shape index (κ3) is 2.39. The predicted octanol–water partition coefficient (Wildman–Crippen LogP) is 5.54. The molecule has 0 aliphatic rings. The lowest BCUT2D eigenvalue weighted by Crippen LogP contribution is -2.07. The maximum Gasteiger partial charge on any atom is 0.130 e. The third-order valence-corrected chi connectivity index (χ3v) is 5.42. The standard InChI is InChI=1S/C13H11Cl2N3S2/c1-6-3-4-19-13(6)7(2)16-10-8(14)5-9(15)11-12(10)18-20-17-11/h3-5,7,16H,1-2H3. The molecule has 1 unspecified atom stereocenters. The molecule has 0 aliphatic carbocycles. The zero-order valence-electron chi connectivity index (χ0n) is 10.8. The topological polar surface area (TPSA) is 37.8 Å². The lowest BCUT2D eigenvalue weighted by molar-refractivity contribution is 0.901. The number of halogens is 2. The fourth-order valence-corrected chi connectivity index (χ4v) is 4.22. The first-order chi connectivity index (χ1) is 9.58. The Morgan fingerprint density at radius 3 is 2.65 bits per heavy atom. The highest BCUT2D eigenvalue weighted by Gasteiger charge is 2.17. The fraction of sp³-hybridized carbons (Fsp3) is 0.231. The molecule has 0 bridgehead atoms.